The third-order valence-electron chi connectivity index (χ3n) is 1.40. The summed E-state index contributed by atoms with van der Waals surface area (Å²) < 4.78 is 4.71. The van der Waals surface area contributed by atoms with Gasteiger partial charge in [-0.25, -0.2) is 4.79 Å². The molecule has 0 fully saturated rings. The number of halogens is 1. The summed E-state index contributed by atoms with van der Waals surface area (Å²) in [5, 5.41) is 9.21. The first-order valence-corrected chi connectivity index (χ1v) is 3.70. The Hall–Kier alpha value is -0.220. The fraction of sp³-hybridized carbons (Fsp3) is 0.222. The van der Waals surface area contributed by atoms with E-state index in [-0.39, 0.29) is 53.3 Å². The van der Waals surface area contributed by atoms with Gasteiger partial charge in [-0.2, -0.15) is 0 Å². The molecule has 14 heavy (non-hydrogen) atoms. The third-order valence-corrected chi connectivity index (χ3v) is 1.40. The molecule has 1 rings (SSSR count). The van der Waals surface area contributed by atoms with Crippen LogP contribution >= 0.6 is 0 Å². The Kier molecular flexibility index (Phi) is 9.41. The summed E-state index contributed by atoms with van der Waals surface area (Å²) in [6.07, 6.45) is 0. The van der Waals surface area contributed by atoms with Crippen molar-refractivity contribution in [1.82, 2.24) is 0 Å². The van der Waals surface area contributed by atoms with Gasteiger partial charge in [-0.15, -0.1) is 0 Å². The zero-order valence-electron chi connectivity index (χ0n) is 8.16. The number of carbonyl (C=O) groups is 1. The number of hydrogen-bond acceptors (Lipinski definition) is 3. The number of phenols is 1. The van der Waals surface area contributed by atoms with Crippen LogP contribution in [0.2, 0.25) is 0 Å². The van der Waals surface area contributed by atoms with Gasteiger partial charge in [0.05, 0.1) is 6.61 Å². The molecular formula is C9H10ClNaO3. The van der Waals surface area contributed by atoms with Gasteiger partial charge >= 0.3 is 35.5 Å². The molecule has 72 valence electrons. The number of carbonyl (C=O) groups excluding carboxylic acids is 1. The van der Waals surface area contributed by atoms with Gasteiger partial charge in [0.25, 0.3) is 0 Å². The van der Waals surface area contributed by atoms with E-state index in [1.807, 2.05) is 0 Å². The van der Waals surface area contributed by atoms with E-state index in [9.17, 15) is 9.90 Å². The molecule has 0 aliphatic heterocycles. The van der Waals surface area contributed by atoms with Crippen LogP contribution in [-0.2, 0) is 4.74 Å². The molecule has 0 saturated heterocycles. The normalized spacial score (nSPS) is 8.07. The van der Waals surface area contributed by atoms with Crippen molar-refractivity contribution in [1.29, 1.82) is 0 Å². The van der Waals surface area contributed by atoms with Crippen molar-refractivity contribution in [2.75, 3.05) is 6.61 Å². The van der Waals surface area contributed by atoms with Gasteiger partial charge in [-0.1, -0.05) is 12.1 Å². The Morgan fingerprint density at radius 3 is 2.50 bits per heavy atom. The van der Waals surface area contributed by atoms with Gasteiger partial charge in [0.1, 0.15) is 11.3 Å². The molecule has 0 amide bonds. The summed E-state index contributed by atoms with van der Waals surface area (Å²) in [5.74, 6) is -0.536. The van der Waals surface area contributed by atoms with E-state index in [0.29, 0.717) is 6.61 Å². The van der Waals surface area contributed by atoms with Crippen molar-refractivity contribution >= 4 is 5.97 Å². The molecule has 1 aromatic carbocycles. The number of phenolic OH excluding ortho intramolecular Hbond substituents is 1. The number of ether oxygens (including phenoxy) is 1. The third kappa shape index (κ3) is 4.33. The number of aromatic hydroxyl groups is 1. The SMILES string of the molecule is CCOC(=O)c1ccccc1O.[Cl-].[Na+]. The smallest absolute Gasteiger partial charge is 1.00 e. The maximum atomic E-state index is 11.1. The van der Waals surface area contributed by atoms with Crippen molar-refractivity contribution in [3.8, 4) is 5.75 Å². The second-order valence-corrected chi connectivity index (χ2v) is 2.24. The average Bonchev–Trinajstić information content (AvgIpc) is 2.05. The molecule has 0 aliphatic rings. The minimum absolute atomic E-state index is 0. The van der Waals surface area contributed by atoms with Gasteiger partial charge in [-0.05, 0) is 19.1 Å². The molecular weight excluding hydrogens is 215 g/mol. The van der Waals surface area contributed by atoms with Gasteiger partial charge in [0.15, 0.2) is 0 Å². The van der Waals surface area contributed by atoms with Crippen molar-refractivity contribution in [2.45, 2.75) is 6.92 Å². The van der Waals surface area contributed by atoms with Crippen LogP contribution in [0.5, 0.6) is 5.75 Å². The first-order chi connectivity index (χ1) is 5.75. The molecule has 0 saturated carbocycles. The molecule has 0 bridgehead atoms. The minimum Gasteiger partial charge on any atom is -1.00 e. The molecule has 1 aromatic rings. The topological polar surface area (TPSA) is 46.5 Å². The molecule has 0 aromatic heterocycles. The number of hydrogen-bond donors (Lipinski definition) is 1. The Bertz CT molecular complexity index is 291. The Morgan fingerprint density at radius 2 is 2.00 bits per heavy atom. The number of para-hydroxylation sites is 1. The summed E-state index contributed by atoms with van der Waals surface area (Å²) in [7, 11) is 0. The molecule has 0 heterocycles. The number of benzene rings is 1. The maximum Gasteiger partial charge on any atom is 1.00 e. The Labute approximate surface area is 111 Å². The van der Waals surface area contributed by atoms with Crippen LogP contribution in [0.3, 0.4) is 0 Å². The Balaban J connectivity index is 0. The van der Waals surface area contributed by atoms with Crippen LogP contribution in [0.25, 0.3) is 0 Å². The predicted molar refractivity (Wildman–Crippen MR) is 44.1 cm³/mol. The monoisotopic (exact) mass is 224 g/mol. The summed E-state index contributed by atoms with van der Waals surface area (Å²) in [4.78, 5) is 11.1. The zero-order valence-corrected chi connectivity index (χ0v) is 10.9. The van der Waals surface area contributed by atoms with E-state index in [1.54, 1.807) is 19.1 Å². The van der Waals surface area contributed by atoms with Crippen LogP contribution in [0, 0.1) is 0 Å². The van der Waals surface area contributed by atoms with Gasteiger partial charge in [0.2, 0.25) is 0 Å². The van der Waals surface area contributed by atoms with Crippen LogP contribution in [0.1, 0.15) is 17.3 Å². The van der Waals surface area contributed by atoms with Crippen LogP contribution in [-0.4, -0.2) is 17.7 Å². The van der Waals surface area contributed by atoms with Gasteiger partial charge in [-0.3, -0.25) is 0 Å². The fourth-order valence-electron chi connectivity index (χ4n) is 0.855. The molecule has 3 nitrogen and oxygen atoms in total. The second kappa shape index (κ2) is 8.12. The van der Waals surface area contributed by atoms with E-state index in [2.05, 4.69) is 0 Å². The second-order valence-electron chi connectivity index (χ2n) is 2.24. The summed E-state index contributed by atoms with van der Waals surface area (Å²) in [6, 6.07) is 6.30. The van der Waals surface area contributed by atoms with Crippen LogP contribution in [0.15, 0.2) is 24.3 Å². The molecule has 0 radical (unpaired) electrons. The van der Waals surface area contributed by atoms with E-state index in [4.69, 9.17) is 4.74 Å². The summed E-state index contributed by atoms with van der Waals surface area (Å²) in [5.41, 5.74) is 0.208. The van der Waals surface area contributed by atoms with Gasteiger partial charge in [0, 0.05) is 0 Å². The fourth-order valence-corrected chi connectivity index (χ4v) is 0.855. The standard InChI is InChI=1S/C9H10O3.ClH.Na/c1-2-12-9(11)7-5-3-4-6-8(7)10;;/h3-6,10H,2H2,1H3;1H;/q;;+1/p-1. The predicted octanol–water partition coefficient (Wildman–Crippen LogP) is -4.42. The summed E-state index contributed by atoms with van der Waals surface area (Å²) >= 11 is 0. The van der Waals surface area contributed by atoms with E-state index >= 15 is 0 Å². The van der Waals surface area contributed by atoms with E-state index < -0.39 is 5.97 Å². The van der Waals surface area contributed by atoms with E-state index in [0.717, 1.165) is 0 Å². The van der Waals surface area contributed by atoms with Gasteiger partial charge < -0.3 is 22.3 Å². The molecule has 5 heteroatoms. The first kappa shape index (κ1) is 16.2. The van der Waals surface area contributed by atoms with Crippen molar-refractivity contribution in [2.24, 2.45) is 0 Å². The maximum absolute atomic E-state index is 11.1. The largest absolute Gasteiger partial charge is 1.00 e. The number of esters is 1. The zero-order chi connectivity index (χ0) is 8.97. The molecule has 0 unspecified atom stereocenters. The molecule has 0 atom stereocenters. The van der Waals surface area contributed by atoms with Crippen molar-refractivity contribution in [3.05, 3.63) is 29.8 Å². The number of rotatable bonds is 2. The van der Waals surface area contributed by atoms with E-state index in [1.165, 1.54) is 12.1 Å². The first-order valence-electron chi connectivity index (χ1n) is 3.70. The molecule has 0 aliphatic carbocycles. The Morgan fingerprint density at radius 1 is 1.43 bits per heavy atom. The molecule has 0 spiro atoms. The minimum atomic E-state index is -0.490. The van der Waals surface area contributed by atoms with Crippen LogP contribution < -0.4 is 42.0 Å². The summed E-state index contributed by atoms with van der Waals surface area (Å²) in [6.45, 7) is 2.03. The van der Waals surface area contributed by atoms with Crippen LogP contribution in [0.4, 0.5) is 0 Å². The quantitative estimate of drug-likeness (QED) is 0.408. The molecule has 1 N–H and O–H groups in total. The van der Waals surface area contributed by atoms with Crippen molar-refractivity contribution < 1.29 is 56.6 Å². The average molecular weight is 225 g/mol. The van der Waals surface area contributed by atoms with Crippen molar-refractivity contribution in [3.63, 3.8) is 0 Å².